The first kappa shape index (κ1) is 19.6. The maximum Gasteiger partial charge on any atom is 0.257 e. The van der Waals surface area contributed by atoms with Crippen LogP contribution >= 0.6 is 28.1 Å². The molecule has 0 aliphatic carbocycles. The minimum atomic E-state index is -0.203. The number of thiocarbonyl (C=S) groups is 1. The second kappa shape index (κ2) is 8.11. The molecule has 1 amide bonds. The van der Waals surface area contributed by atoms with Crippen molar-refractivity contribution in [2.45, 2.75) is 32.7 Å². The molecule has 3 nitrogen and oxygen atoms in total. The van der Waals surface area contributed by atoms with E-state index in [9.17, 15) is 4.79 Å². The van der Waals surface area contributed by atoms with Crippen LogP contribution in [0.3, 0.4) is 0 Å². The van der Waals surface area contributed by atoms with Gasteiger partial charge < -0.3 is 4.90 Å². The van der Waals surface area contributed by atoms with Crippen LogP contribution in [0.5, 0.6) is 0 Å². The van der Waals surface area contributed by atoms with Crippen LogP contribution in [0.4, 0.5) is 0 Å². The van der Waals surface area contributed by atoms with Gasteiger partial charge in [0.1, 0.15) is 0 Å². The number of hydrogen-bond donors (Lipinski definition) is 1. The smallest absolute Gasteiger partial charge is 0.257 e. The zero-order chi connectivity index (χ0) is 18.6. The highest BCUT2D eigenvalue weighted by atomic mass is 79.9. The normalized spacial score (nSPS) is 11.1. The average molecular weight is 419 g/mol. The third-order valence-corrected chi connectivity index (χ3v) is 4.94. The van der Waals surface area contributed by atoms with Gasteiger partial charge >= 0.3 is 0 Å². The van der Waals surface area contributed by atoms with Crippen LogP contribution in [-0.2, 0) is 12.0 Å². The number of carbonyl (C=O) groups excluding carboxylic acids is 1. The van der Waals surface area contributed by atoms with E-state index in [0.717, 1.165) is 15.6 Å². The van der Waals surface area contributed by atoms with Gasteiger partial charge in [-0.05, 0) is 40.9 Å². The zero-order valence-corrected chi connectivity index (χ0v) is 17.4. The van der Waals surface area contributed by atoms with E-state index in [1.54, 1.807) is 0 Å². The number of carbonyl (C=O) groups is 1. The van der Waals surface area contributed by atoms with Crippen molar-refractivity contribution in [3.8, 4) is 0 Å². The molecule has 0 saturated heterocycles. The Hall–Kier alpha value is -1.72. The van der Waals surface area contributed by atoms with E-state index < -0.39 is 0 Å². The second-order valence-electron chi connectivity index (χ2n) is 7.05. The lowest BCUT2D eigenvalue weighted by Crippen LogP contribution is -2.40. The first-order valence-corrected chi connectivity index (χ1v) is 9.29. The Morgan fingerprint density at radius 2 is 1.80 bits per heavy atom. The minimum Gasteiger partial charge on any atom is -0.348 e. The third kappa shape index (κ3) is 5.38. The van der Waals surface area contributed by atoms with Gasteiger partial charge in [-0.1, -0.05) is 73.1 Å². The molecule has 0 aliphatic rings. The van der Waals surface area contributed by atoms with Gasteiger partial charge in [-0.3, -0.25) is 10.1 Å². The number of amides is 1. The van der Waals surface area contributed by atoms with Crippen molar-refractivity contribution in [2.24, 2.45) is 0 Å². The fraction of sp³-hybridized carbons (Fsp3) is 0.300. The number of rotatable bonds is 3. The van der Waals surface area contributed by atoms with Gasteiger partial charge in [0, 0.05) is 23.6 Å². The topological polar surface area (TPSA) is 32.3 Å². The van der Waals surface area contributed by atoms with E-state index >= 15 is 0 Å². The van der Waals surface area contributed by atoms with Crippen molar-refractivity contribution in [1.29, 1.82) is 0 Å². The van der Waals surface area contributed by atoms with Gasteiger partial charge in [-0.15, -0.1) is 0 Å². The number of benzene rings is 2. The van der Waals surface area contributed by atoms with Gasteiger partial charge in [0.2, 0.25) is 0 Å². The number of halogens is 1. The predicted octanol–water partition coefficient (Wildman–Crippen LogP) is 4.89. The molecule has 0 saturated carbocycles. The lowest BCUT2D eigenvalue weighted by Gasteiger charge is -2.22. The Balaban J connectivity index is 2.04. The molecule has 132 valence electrons. The van der Waals surface area contributed by atoms with Crippen molar-refractivity contribution < 1.29 is 4.79 Å². The molecule has 0 atom stereocenters. The molecule has 0 aliphatic heterocycles. The molecule has 0 spiro atoms. The Kier molecular flexibility index (Phi) is 6.36. The maximum atomic E-state index is 12.5. The van der Waals surface area contributed by atoms with E-state index in [4.69, 9.17) is 12.2 Å². The average Bonchev–Trinajstić information content (AvgIpc) is 2.54. The van der Waals surface area contributed by atoms with Crippen molar-refractivity contribution in [2.75, 3.05) is 7.05 Å². The largest absolute Gasteiger partial charge is 0.348 e. The van der Waals surface area contributed by atoms with E-state index in [1.165, 1.54) is 0 Å². The lowest BCUT2D eigenvalue weighted by atomic mass is 9.86. The van der Waals surface area contributed by atoms with Gasteiger partial charge in [0.05, 0.1) is 0 Å². The van der Waals surface area contributed by atoms with Crippen LogP contribution in [-0.4, -0.2) is 23.0 Å². The van der Waals surface area contributed by atoms with Crippen LogP contribution in [0.15, 0.2) is 53.0 Å². The second-order valence-corrected chi connectivity index (χ2v) is 8.29. The molecule has 0 unspecified atom stereocenters. The first-order chi connectivity index (χ1) is 11.7. The molecular formula is C20H23BrN2OS. The summed E-state index contributed by atoms with van der Waals surface area (Å²) in [4.78, 5) is 14.3. The summed E-state index contributed by atoms with van der Waals surface area (Å²) < 4.78 is 0.927. The van der Waals surface area contributed by atoms with Crippen molar-refractivity contribution >= 4 is 39.2 Å². The lowest BCUT2D eigenvalue weighted by molar-refractivity contribution is 0.0973. The van der Waals surface area contributed by atoms with Gasteiger partial charge in [-0.2, -0.15) is 0 Å². The quantitative estimate of drug-likeness (QED) is 0.719. The number of hydrogen-bond acceptors (Lipinski definition) is 2. The predicted molar refractivity (Wildman–Crippen MR) is 111 cm³/mol. The van der Waals surface area contributed by atoms with Crippen LogP contribution in [0.1, 0.15) is 42.3 Å². The molecule has 0 aromatic heterocycles. The van der Waals surface area contributed by atoms with Gasteiger partial charge in [-0.25, -0.2) is 0 Å². The van der Waals surface area contributed by atoms with Crippen LogP contribution in [0, 0.1) is 0 Å². The van der Waals surface area contributed by atoms with Crippen LogP contribution in [0.25, 0.3) is 0 Å². The highest BCUT2D eigenvalue weighted by Crippen LogP contribution is 2.30. The summed E-state index contributed by atoms with van der Waals surface area (Å²) >= 11 is 8.92. The summed E-state index contributed by atoms with van der Waals surface area (Å²) in [7, 11) is 1.87. The third-order valence-electron chi connectivity index (χ3n) is 3.87. The number of nitrogens with zero attached hydrogens (tertiary/aromatic N) is 1. The van der Waals surface area contributed by atoms with Gasteiger partial charge in [0.15, 0.2) is 5.11 Å². The van der Waals surface area contributed by atoms with Crippen molar-refractivity contribution in [1.82, 2.24) is 10.2 Å². The first-order valence-electron chi connectivity index (χ1n) is 8.09. The van der Waals surface area contributed by atoms with Crippen molar-refractivity contribution in [3.05, 3.63) is 69.7 Å². The molecular weight excluding hydrogens is 396 g/mol. The summed E-state index contributed by atoms with van der Waals surface area (Å²) in [6.45, 7) is 7.06. The summed E-state index contributed by atoms with van der Waals surface area (Å²) in [6, 6.07) is 15.7. The highest BCUT2D eigenvalue weighted by molar-refractivity contribution is 9.10. The summed E-state index contributed by atoms with van der Waals surface area (Å²) in [5.41, 5.74) is 2.89. The Bertz CT molecular complexity index is 769. The maximum absolute atomic E-state index is 12.5. The Morgan fingerprint density at radius 3 is 2.36 bits per heavy atom. The molecule has 0 bridgehead atoms. The number of nitrogens with one attached hydrogen (secondary N) is 1. The van der Waals surface area contributed by atoms with E-state index in [-0.39, 0.29) is 11.3 Å². The summed E-state index contributed by atoms with van der Waals surface area (Å²) in [5, 5.41) is 3.21. The molecule has 0 radical (unpaired) electrons. The summed E-state index contributed by atoms with van der Waals surface area (Å²) in [6.07, 6.45) is 0. The molecule has 5 heteroatoms. The molecule has 2 aromatic carbocycles. The molecule has 0 heterocycles. The van der Waals surface area contributed by atoms with E-state index in [2.05, 4.69) is 42.0 Å². The molecule has 2 rings (SSSR count). The van der Waals surface area contributed by atoms with E-state index in [1.807, 2.05) is 60.5 Å². The molecule has 0 fully saturated rings. The molecule has 1 N–H and O–H groups in total. The standard InChI is InChI=1S/C20H23BrN2OS/c1-20(2,3)16-11-10-15(12-17(16)21)18(24)22-19(25)23(4)13-14-8-6-5-7-9-14/h5-12H,13H2,1-4H3,(H,22,24,25). The fourth-order valence-electron chi connectivity index (χ4n) is 2.46. The minimum absolute atomic E-state index is 0.0129. The van der Waals surface area contributed by atoms with Crippen LogP contribution in [0.2, 0.25) is 0 Å². The highest BCUT2D eigenvalue weighted by Gasteiger charge is 2.19. The van der Waals surface area contributed by atoms with Crippen LogP contribution < -0.4 is 5.32 Å². The Morgan fingerprint density at radius 1 is 1.16 bits per heavy atom. The SMILES string of the molecule is CN(Cc1ccccc1)C(=S)NC(=O)c1ccc(C(C)(C)C)c(Br)c1. The molecule has 25 heavy (non-hydrogen) atoms. The van der Waals surface area contributed by atoms with Gasteiger partial charge in [0.25, 0.3) is 5.91 Å². The zero-order valence-electron chi connectivity index (χ0n) is 15.0. The summed E-state index contributed by atoms with van der Waals surface area (Å²) in [5.74, 6) is -0.203. The van der Waals surface area contributed by atoms with Crippen molar-refractivity contribution in [3.63, 3.8) is 0 Å². The fourth-order valence-corrected chi connectivity index (χ4v) is 3.59. The monoisotopic (exact) mass is 418 g/mol. The van der Waals surface area contributed by atoms with E-state index in [0.29, 0.717) is 17.2 Å². The Labute approximate surface area is 163 Å². The molecule has 2 aromatic rings.